The summed E-state index contributed by atoms with van der Waals surface area (Å²) in [5.74, 6) is -2.26. The summed E-state index contributed by atoms with van der Waals surface area (Å²) in [4.78, 5) is 37.6. The van der Waals surface area contributed by atoms with Crippen molar-refractivity contribution >= 4 is 17.9 Å². The fourth-order valence-corrected chi connectivity index (χ4v) is 11.2. The van der Waals surface area contributed by atoms with Gasteiger partial charge < -0.3 is 33.3 Å². The van der Waals surface area contributed by atoms with Crippen LogP contribution in [0.4, 0.5) is 0 Å². The number of aliphatic carboxylic acids is 1. The minimum Gasteiger partial charge on any atom is -0.545 e. The first-order valence-corrected chi connectivity index (χ1v) is 38.9. The van der Waals surface area contributed by atoms with Crippen molar-refractivity contribution in [1.82, 2.24) is 0 Å². The Morgan fingerprint density at radius 3 is 0.924 bits per heavy atom. The zero-order valence-electron chi connectivity index (χ0n) is 60.9. The Bertz CT molecular complexity index is 1840. The lowest BCUT2D eigenvalue weighted by molar-refractivity contribution is -0.870. The van der Waals surface area contributed by atoms with Crippen LogP contribution < -0.4 is 5.11 Å². The van der Waals surface area contributed by atoms with Gasteiger partial charge in [0.05, 0.1) is 40.3 Å². The molecule has 0 radical (unpaired) electrons. The molecule has 0 bridgehead atoms. The van der Waals surface area contributed by atoms with E-state index in [2.05, 4.69) is 111 Å². The van der Waals surface area contributed by atoms with E-state index in [4.69, 9.17) is 18.9 Å². The van der Waals surface area contributed by atoms with Crippen LogP contribution in [-0.4, -0.2) is 82.3 Å². The maximum absolute atomic E-state index is 13.0. The zero-order valence-corrected chi connectivity index (χ0v) is 60.9. The van der Waals surface area contributed by atoms with Gasteiger partial charge in [0.25, 0.3) is 0 Å². The Kier molecular flexibility index (Phi) is 70.0. The number of carbonyl (C=O) groups excluding carboxylic acids is 3. The number of ether oxygens (including phenoxy) is 4. The Morgan fingerprint density at radius 2 is 0.620 bits per heavy atom. The summed E-state index contributed by atoms with van der Waals surface area (Å²) in [5, 5.41) is 11.9. The van der Waals surface area contributed by atoms with Crippen LogP contribution in [-0.2, 0) is 33.3 Å². The average molecular weight is 1290 g/mol. The van der Waals surface area contributed by atoms with Crippen LogP contribution in [0.3, 0.4) is 0 Å². The van der Waals surface area contributed by atoms with Crippen molar-refractivity contribution in [3.05, 3.63) is 97.2 Å². The first-order chi connectivity index (χ1) is 45.1. The van der Waals surface area contributed by atoms with E-state index in [-0.39, 0.29) is 32.2 Å². The van der Waals surface area contributed by atoms with Gasteiger partial charge >= 0.3 is 11.9 Å². The maximum atomic E-state index is 13.0. The van der Waals surface area contributed by atoms with Crippen molar-refractivity contribution in [2.45, 2.75) is 367 Å². The predicted octanol–water partition coefficient (Wildman–Crippen LogP) is 23.4. The summed E-state index contributed by atoms with van der Waals surface area (Å²) in [5.41, 5.74) is 0. The molecule has 0 saturated heterocycles. The molecule has 0 rings (SSSR count). The number of unbranched alkanes of at least 4 members (excludes halogenated alkanes) is 41. The molecule has 0 aromatic heterocycles. The number of hydrogen-bond donors (Lipinski definition) is 0. The molecule has 0 saturated carbocycles. The van der Waals surface area contributed by atoms with Gasteiger partial charge in [-0.25, -0.2) is 0 Å². The van der Waals surface area contributed by atoms with Crippen molar-refractivity contribution in [2.24, 2.45) is 0 Å². The largest absolute Gasteiger partial charge is 0.545 e. The molecule has 0 aliphatic heterocycles. The number of esters is 2. The van der Waals surface area contributed by atoms with Gasteiger partial charge in [-0.05, 0) is 77.0 Å². The topological polar surface area (TPSA) is 111 Å². The fraction of sp³-hybridized carbons (Fsp3) is 0.771. The molecule has 2 unspecified atom stereocenters. The SMILES string of the molecule is CC/C=C\C/C=C\C/C=C\C/C=C\C/C=C\C/C=C\C/C=C\C/C=C\CCCCCCCCCCCCCCCCC(=O)OC(COC(=O)CCCCCCCCCCCCCCCCCCCCCCCCCCCCCC)COC(OCC[N+](C)(C)C)C(=O)[O-]. The van der Waals surface area contributed by atoms with E-state index in [0.29, 0.717) is 23.9 Å². The molecule has 0 heterocycles. The fourth-order valence-electron chi connectivity index (χ4n) is 11.2. The third kappa shape index (κ3) is 73.6. The highest BCUT2D eigenvalue weighted by atomic mass is 16.7. The number of rotatable bonds is 72. The minimum absolute atomic E-state index is 0.147. The Morgan fingerprint density at radius 1 is 0.337 bits per heavy atom. The molecule has 92 heavy (non-hydrogen) atoms. The number of carbonyl (C=O) groups is 3. The normalized spacial score (nSPS) is 13.2. The van der Waals surface area contributed by atoms with Crippen LogP contribution in [0.25, 0.3) is 0 Å². The number of nitrogens with zero attached hydrogens (tertiary/aromatic N) is 1. The quantitative estimate of drug-likeness (QED) is 0.0195. The molecule has 2 atom stereocenters. The second kappa shape index (κ2) is 73.0. The second-order valence-corrected chi connectivity index (χ2v) is 27.3. The average Bonchev–Trinajstić information content (AvgIpc) is 3.75. The van der Waals surface area contributed by atoms with Crippen molar-refractivity contribution in [2.75, 3.05) is 47.5 Å². The van der Waals surface area contributed by atoms with Gasteiger partial charge in [-0.15, -0.1) is 0 Å². The number of quaternary nitrogens is 1. The highest BCUT2D eigenvalue weighted by Crippen LogP contribution is 2.19. The van der Waals surface area contributed by atoms with Gasteiger partial charge in [0.1, 0.15) is 13.2 Å². The maximum Gasteiger partial charge on any atom is 0.306 e. The Labute approximate surface area is 569 Å². The van der Waals surface area contributed by atoms with E-state index in [9.17, 15) is 19.5 Å². The summed E-state index contributed by atoms with van der Waals surface area (Å²) in [7, 11) is 5.94. The summed E-state index contributed by atoms with van der Waals surface area (Å²) in [6.45, 7) is 4.69. The Balaban J connectivity index is 4.05. The zero-order chi connectivity index (χ0) is 66.8. The van der Waals surface area contributed by atoms with Crippen molar-refractivity contribution in [1.29, 1.82) is 0 Å². The van der Waals surface area contributed by atoms with Crippen LogP contribution in [0, 0.1) is 0 Å². The molecule has 9 heteroatoms. The molecule has 532 valence electrons. The van der Waals surface area contributed by atoms with Crippen molar-refractivity contribution < 1.29 is 42.9 Å². The van der Waals surface area contributed by atoms with Crippen molar-refractivity contribution in [3.8, 4) is 0 Å². The third-order valence-electron chi connectivity index (χ3n) is 17.1. The van der Waals surface area contributed by atoms with Gasteiger partial charge in [0.15, 0.2) is 12.4 Å². The number of allylic oxidation sites excluding steroid dienone is 16. The summed E-state index contributed by atoms with van der Waals surface area (Å²) < 4.78 is 22.9. The van der Waals surface area contributed by atoms with E-state index in [1.54, 1.807) is 0 Å². The molecule has 9 nitrogen and oxygen atoms in total. The molecule has 0 fully saturated rings. The van der Waals surface area contributed by atoms with E-state index in [1.807, 2.05) is 21.1 Å². The Hall–Kier alpha value is -3.79. The van der Waals surface area contributed by atoms with E-state index >= 15 is 0 Å². The van der Waals surface area contributed by atoms with Gasteiger partial charge in [0.2, 0.25) is 0 Å². The predicted molar refractivity (Wildman–Crippen MR) is 394 cm³/mol. The smallest absolute Gasteiger partial charge is 0.306 e. The molecule has 0 N–H and O–H groups in total. The van der Waals surface area contributed by atoms with E-state index in [0.717, 1.165) is 89.9 Å². The first-order valence-electron chi connectivity index (χ1n) is 38.9. The highest BCUT2D eigenvalue weighted by Gasteiger charge is 2.22. The lowest BCUT2D eigenvalue weighted by Crippen LogP contribution is -2.44. The number of hydrogen-bond acceptors (Lipinski definition) is 8. The highest BCUT2D eigenvalue weighted by molar-refractivity contribution is 5.70. The van der Waals surface area contributed by atoms with E-state index in [1.165, 1.54) is 231 Å². The molecule has 0 aliphatic carbocycles. The van der Waals surface area contributed by atoms with Crippen LogP contribution in [0.2, 0.25) is 0 Å². The van der Waals surface area contributed by atoms with Gasteiger partial charge in [-0.2, -0.15) is 0 Å². The number of carboxylic acid groups (broad SMARTS) is 1. The van der Waals surface area contributed by atoms with Crippen LogP contribution in [0.15, 0.2) is 97.2 Å². The van der Waals surface area contributed by atoms with Gasteiger partial charge in [-0.1, -0.05) is 361 Å². The van der Waals surface area contributed by atoms with Crippen molar-refractivity contribution in [3.63, 3.8) is 0 Å². The lowest BCUT2D eigenvalue weighted by Gasteiger charge is -2.26. The molecular formula is C83H147NO8. The summed E-state index contributed by atoms with van der Waals surface area (Å²) in [6.07, 6.45) is 98.0. The molecule has 0 amide bonds. The standard InChI is InChI=1S/C83H147NO8/c1-6-8-10-12-14-16-18-20-22-24-26-28-30-32-34-36-37-38-39-40-41-42-43-44-45-46-48-50-52-54-56-58-60-62-64-66-68-70-72-74-81(86)92-79(78-91-83(82(87)88)89-76-75-84(3,4)5)77-90-80(85)73-71-69-67-65-63-61-59-57-55-53-51-49-47-35-33-31-29-27-25-23-21-19-17-15-13-11-9-7-2/h8,10,14,16,20,22,26,28,32,34,37-38,40-41,43-44,79,83H,6-7,9,11-13,15,17-19,21,23-25,27,29-31,33,35-36,39,42,45-78H2,1-5H3/b10-8-,16-14-,22-20-,28-26-,34-32-,38-37-,41-40-,44-43-. The van der Waals surface area contributed by atoms with E-state index < -0.39 is 24.3 Å². The lowest BCUT2D eigenvalue weighted by atomic mass is 10.0. The minimum atomic E-state index is -1.62. The third-order valence-corrected chi connectivity index (χ3v) is 17.1. The molecular weight excluding hydrogens is 1140 g/mol. The summed E-state index contributed by atoms with van der Waals surface area (Å²) >= 11 is 0. The molecule has 0 aliphatic rings. The number of carboxylic acids is 1. The van der Waals surface area contributed by atoms with Gasteiger partial charge in [0, 0.05) is 12.8 Å². The molecule has 0 aromatic rings. The monoisotopic (exact) mass is 1290 g/mol. The molecule has 0 aromatic carbocycles. The summed E-state index contributed by atoms with van der Waals surface area (Å²) in [6, 6.07) is 0. The first kappa shape index (κ1) is 88.2. The second-order valence-electron chi connectivity index (χ2n) is 27.3. The molecule has 0 spiro atoms. The van der Waals surface area contributed by atoms with Crippen LogP contribution >= 0.6 is 0 Å². The number of likely N-dealkylation sites (N-methyl/N-ethyl adjacent to an activating group) is 1. The van der Waals surface area contributed by atoms with Gasteiger partial charge in [-0.3, -0.25) is 9.59 Å². The van der Waals surface area contributed by atoms with Crippen LogP contribution in [0.5, 0.6) is 0 Å². The van der Waals surface area contributed by atoms with Crippen LogP contribution in [0.1, 0.15) is 354 Å².